The minimum absolute atomic E-state index is 0.938. The number of thiol groups is 1. The summed E-state index contributed by atoms with van der Waals surface area (Å²) in [5.41, 5.74) is 0. The van der Waals surface area contributed by atoms with Gasteiger partial charge in [0.2, 0.25) is 0 Å². The molecule has 4 heteroatoms. The van der Waals surface area contributed by atoms with E-state index < -0.39 is 0 Å². The van der Waals surface area contributed by atoms with Gasteiger partial charge in [0.1, 0.15) is 0 Å². The van der Waals surface area contributed by atoms with Crippen LogP contribution in [0.25, 0.3) is 0 Å². The molecule has 0 aromatic heterocycles. The predicted molar refractivity (Wildman–Crippen MR) is 36.9 cm³/mol. The second-order valence-corrected chi connectivity index (χ2v) is 2.45. The first kappa shape index (κ1) is 5.31. The van der Waals surface area contributed by atoms with Crippen molar-refractivity contribution in [2.75, 3.05) is 12.3 Å². The first-order chi connectivity index (χ1) is 3.43. The Morgan fingerprint density at radius 3 is 3.00 bits per heavy atom. The minimum Gasteiger partial charge on any atom is -0.312 e. The Morgan fingerprint density at radius 2 is 2.71 bits per heavy atom. The third-order valence-electron chi connectivity index (χ3n) is 0.681. The summed E-state index contributed by atoms with van der Waals surface area (Å²) in [6.45, 7) is 0.938. The number of nitrogens with zero attached hydrogens (tertiary/aromatic N) is 1. The Hall–Kier alpha value is 0.170. The van der Waals surface area contributed by atoms with Crippen LogP contribution in [0.1, 0.15) is 0 Å². The average Bonchev–Trinajstić information content (AvgIpc) is 2.14. The fourth-order valence-electron chi connectivity index (χ4n) is 0.403. The fourth-order valence-corrected chi connectivity index (χ4v) is 1.29. The molecular formula is C3H6N2S2. The van der Waals surface area contributed by atoms with E-state index in [1.54, 1.807) is 11.8 Å². The molecule has 40 valence electrons. The van der Waals surface area contributed by atoms with E-state index in [1.165, 1.54) is 0 Å². The van der Waals surface area contributed by atoms with E-state index >= 15 is 0 Å². The highest BCUT2D eigenvalue weighted by Gasteiger charge is 2.01. The van der Waals surface area contributed by atoms with Gasteiger partial charge < -0.3 is 4.72 Å². The first-order valence-electron chi connectivity index (χ1n) is 2.01. The molecule has 0 aliphatic carbocycles. The Morgan fingerprint density at radius 1 is 1.86 bits per heavy atom. The van der Waals surface area contributed by atoms with Crippen LogP contribution in [0.4, 0.5) is 0 Å². The zero-order valence-corrected chi connectivity index (χ0v) is 5.43. The maximum absolute atomic E-state index is 4.05. The molecule has 1 aliphatic rings. The van der Waals surface area contributed by atoms with Crippen LogP contribution in [-0.4, -0.2) is 17.5 Å². The second-order valence-electron chi connectivity index (χ2n) is 1.15. The lowest BCUT2D eigenvalue weighted by molar-refractivity contribution is 1.17. The summed E-state index contributed by atoms with van der Waals surface area (Å²) < 4.78 is 2.67. The Labute approximate surface area is 52.3 Å². The summed E-state index contributed by atoms with van der Waals surface area (Å²) in [4.78, 5) is 4.05. The SMILES string of the molecule is SNC1=NCCS1. The summed E-state index contributed by atoms with van der Waals surface area (Å²) in [6, 6.07) is 0. The van der Waals surface area contributed by atoms with Gasteiger partial charge in [-0.1, -0.05) is 24.6 Å². The summed E-state index contributed by atoms with van der Waals surface area (Å²) in [7, 11) is 0. The van der Waals surface area contributed by atoms with E-state index in [1.807, 2.05) is 0 Å². The standard InChI is InChI=1S/C3H6N2S2/c6-5-3-4-1-2-7-3/h6H,1-2H2,(H,4,5). The smallest absolute Gasteiger partial charge is 0.166 e. The van der Waals surface area contributed by atoms with E-state index in [-0.39, 0.29) is 0 Å². The minimum atomic E-state index is 0.938. The van der Waals surface area contributed by atoms with Crippen LogP contribution < -0.4 is 4.72 Å². The van der Waals surface area contributed by atoms with Gasteiger partial charge in [-0.05, 0) is 0 Å². The third-order valence-corrected chi connectivity index (χ3v) is 1.94. The molecule has 7 heavy (non-hydrogen) atoms. The zero-order valence-electron chi connectivity index (χ0n) is 3.72. The third kappa shape index (κ3) is 1.28. The molecule has 2 nitrogen and oxygen atoms in total. The highest BCUT2D eigenvalue weighted by atomic mass is 32.2. The lowest BCUT2D eigenvalue weighted by atomic mass is 10.8. The molecule has 1 rings (SSSR count). The van der Waals surface area contributed by atoms with Gasteiger partial charge in [-0.15, -0.1) is 0 Å². The van der Waals surface area contributed by atoms with E-state index in [9.17, 15) is 0 Å². The maximum atomic E-state index is 4.05. The number of amidine groups is 1. The molecule has 1 aliphatic heterocycles. The lowest BCUT2D eigenvalue weighted by Gasteiger charge is -1.89. The lowest BCUT2D eigenvalue weighted by Crippen LogP contribution is -2.03. The van der Waals surface area contributed by atoms with Crippen molar-refractivity contribution in [2.24, 2.45) is 4.99 Å². The molecule has 0 amide bonds. The van der Waals surface area contributed by atoms with Crippen molar-refractivity contribution in [3.05, 3.63) is 0 Å². The van der Waals surface area contributed by atoms with E-state index in [0.29, 0.717) is 0 Å². The van der Waals surface area contributed by atoms with Crippen molar-refractivity contribution in [2.45, 2.75) is 0 Å². The van der Waals surface area contributed by atoms with E-state index in [0.717, 1.165) is 17.5 Å². The highest BCUT2D eigenvalue weighted by molar-refractivity contribution is 8.14. The van der Waals surface area contributed by atoms with Gasteiger partial charge in [0.15, 0.2) is 5.17 Å². The van der Waals surface area contributed by atoms with Gasteiger partial charge >= 0.3 is 0 Å². The van der Waals surface area contributed by atoms with Crippen LogP contribution in [0.5, 0.6) is 0 Å². The molecule has 1 heterocycles. The maximum Gasteiger partial charge on any atom is 0.166 e. The molecule has 0 aromatic carbocycles. The highest BCUT2D eigenvalue weighted by Crippen LogP contribution is 2.08. The van der Waals surface area contributed by atoms with Crippen LogP contribution in [0, 0.1) is 0 Å². The summed E-state index contributed by atoms with van der Waals surface area (Å²) in [6.07, 6.45) is 0. The van der Waals surface area contributed by atoms with Crippen molar-refractivity contribution in [1.29, 1.82) is 0 Å². The molecular weight excluding hydrogens is 128 g/mol. The van der Waals surface area contributed by atoms with Crippen molar-refractivity contribution in [1.82, 2.24) is 4.72 Å². The second kappa shape index (κ2) is 2.47. The molecule has 1 N–H and O–H groups in total. The topological polar surface area (TPSA) is 24.4 Å². The van der Waals surface area contributed by atoms with Crippen LogP contribution in [0.2, 0.25) is 0 Å². The number of rotatable bonds is 0. The Kier molecular flexibility index (Phi) is 1.87. The molecule has 0 aromatic rings. The van der Waals surface area contributed by atoms with Gasteiger partial charge in [0.05, 0.1) is 6.54 Å². The molecule has 0 saturated carbocycles. The van der Waals surface area contributed by atoms with E-state index in [4.69, 9.17) is 0 Å². The van der Waals surface area contributed by atoms with E-state index in [2.05, 4.69) is 22.5 Å². The Balaban J connectivity index is 2.36. The number of hydrogen-bond donors (Lipinski definition) is 2. The van der Waals surface area contributed by atoms with Crippen molar-refractivity contribution < 1.29 is 0 Å². The molecule has 0 bridgehead atoms. The van der Waals surface area contributed by atoms with Crippen molar-refractivity contribution >= 4 is 29.7 Å². The molecule has 0 fully saturated rings. The van der Waals surface area contributed by atoms with Gasteiger partial charge in [-0.25, -0.2) is 0 Å². The number of aliphatic imine (C=N–C) groups is 1. The number of thioether (sulfide) groups is 1. The van der Waals surface area contributed by atoms with Crippen LogP contribution >= 0.6 is 24.6 Å². The fraction of sp³-hybridized carbons (Fsp3) is 0.667. The average molecular weight is 134 g/mol. The number of hydrogen-bond acceptors (Lipinski definition) is 4. The van der Waals surface area contributed by atoms with Gasteiger partial charge in [-0.2, -0.15) is 0 Å². The predicted octanol–water partition coefficient (Wildman–Crippen LogP) is 0.524. The Bertz CT molecular complexity index is 90.9. The summed E-state index contributed by atoms with van der Waals surface area (Å²) >= 11 is 5.52. The molecule has 0 radical (unpaired) electrons. The van der Waals surface area contributed by atoms with Gasteiger partial charge in [-0.3, -0.25) is 4.99 Å². The van der Waals surface area contributed by atoms with Crippen molar-refractivity contribution in [3.63, 3.8) is 0 Å². The molecule has 0 unspecified atom stereocenters. The normalized spacial score (nSPS) is 19.3. The summed E-state index contributed by atoms with van der Waals surface area (Å²) in [5.74, 6) is 1.10. The van der Waals surface area contributed by atoms with Gasteiger partial charge in [0.25, 0.3) is 0 Å². The molecule has 0 spiro atoms. The first-order valence-corrected chi connectivity index (χ1v) is 3.44. The quantitative estimate of drug-likeness (QED) is 0.472. The monoisotopic (exact) mass is 134 g/mol. The molecule has 0 atom stereocenters. The van der Waals surface area contributed by atoms with Crippen molar-refractivity contribution in [3.8, 4) is 0 Å². The largest absolute Gasteiger partial charge is 0.312 e. The van der Waals surface area contributed by atoms with Crippen LogP contribution in [0.15, 0.2) is 4.99 Å². The zero-order chi connectivity index (χ0) is 5.11. The summed E-state index contributed by atoms with van der Waals surface area (Å²) in [5, 5.41) is 0.948. The number of nitrogens with one attached hydrogen (secondary N) is 1. The van der Waals surface area contributed by atoms with Crippen LogP contribution in [-0.2, 0) is 0 Å². The molecule has 0 saturated heterocycles. The van der Waals surface area contributed by atoms with Crippen LogP contribution in [0.3, 0.4) is 0 Å². The van der Waals surface area contributed by atoms with Gasteiger partial charge in [0, 0.05) is 5.75 Å².